The summed E-state index contributed by atoms with van der Waals surface area (Å²) in [5, 5.41) is 3.94. The molecule has 6 heteroatoms. The van der Waals surface area contributed by atoms with E-state index in [4.69, 9.17) is 9.72 Å². The molecule has 1 aliphatic carbocycles. The van der Waals surface area contributed by atoms with Gasteiger partial charge in [-0.15, -0.1) is 17.1 Å². The fourth-order valence-corrected chi connectivity index (χ4v) is 4.38. The number of unbranched alkanes of at least 4 members (excludes halogenated alkanes) is 2. The Kier molecular flexibility index (Phi) is 7.05. The SMILES string of the molecule is CN(C)c1ccc(-c2nc3ccc(OCCCCCNC(=O)C4=C=CC=C4)cc3s2)cc1. The summed E-state index contributed by atoms with van der Waals surface area (Å²) in [6.07, 6.45) is 8.22. The van der Waals surface area contributed by atoms with Crippen molar-refractivity contribution in [3.63, 3.8) is 0 Å². The zero-order chi connectivity index (χ0) is 22.3. The van der Waals surface area contributed by atoms with Crippen molar-refractivity contribution < 1.29 is 9.53 Å². The molecule has 1 aliphatic rings. The number of aromatic nitrogens is 1. The molecule has 0 bridgehead atoms. The van der Waals surface area contributed by atoms with Crippen LogP contribution in [-0.2, 0) is 4.79 Å². The van der Waals surface area contributed by atoms with E-state index in [-0.39, 0.29) is 5.91 Å². The number of amides is 1. The molecule has 3 aromatic rings. The molecule has 0 saturated carbocycles. The average molecular weight is 446 g/mol. The van der Waals surface area contributed by atoms with E-state index in [1.54, 1.807) is 23.5 Å². The highest BCUT2D eigenvalue weighted by Gasteiger charge is 2.09. The molecule has 1 heterocycles. The first-order valence-electron chi connectivity index (χ1n) is 10.8. The van der Waals surface area contributed by atoms with Gasteiger partial charge in [-0.05, 0) is 73.9 Å². The molecule has 5 nitrogen and oxygen atoms in total. The van der Waals surface area contributed by atoms with Crippen molar-refractivity contribution in [2.45, 2.75) is 19.3 Å². The van der Waals surface area contributed by atoms with Gasteiger partial charge in [-0.1, -0.05) is 6.08 Å². The molecule has 0 fully saturated rings. The van der Waals surface area contributed by atoms with E-state index < -0.39 is 0 Å². The molecule has 1 N–H and O–H groups in total. The van der Waals surface area contributed by atoms with Crippen molar-refractivity contribution >= 4 is 33.1 Å². The Morgan fingerprint density at radius 3 is 2.72 bits per heavy atom. The lowest BCUT2D eigenvalue weighted by atomic mass is 10.2. The third kappa shape index (κ3) is 5.47. The fourth-order valence-electron chi connectivity index (χ4n) is 3.38. The zero-order valence-corrected chi connectivity index (χ0v) is 19.2. The van der Waals surface area contributed by atoms with Gasteiger partial charge in [0.2, 0.25) is 0 Å². The van der Waals surface area contributed by atoms with Gasteiger partial charge >= 0.3 is 0 Å². The smallest absolute Gasteiger partial charge is 0.259 e. The molecule has 0 unspecified atom stereocenters. The number of ether oxygens (including phenoxy) is 1. The Bertz CT molecular complexity index is 1190. The first-order valence-corrected chi connectivity index (χ1v) is 11.6. The van der Waals surface area contributed by atoms with Crippen LogP contribution in [0.5, 0.6) is 5.75 Å². The number of carbonyl (C=O) groups excluding carboxylic acids is 1. The lowest BCUT2D eigenvalue weighted by molar-refractivity contribution is -0.117. The molecule has 0 saturated heterocycles. The van der Waals surface area contributed by atoms with Crippen LogP contribution in [0, 0.1) is 0 Å². The fraction of sp³-hybridized carbons (Fsp3) is 0.269. The quantitative estimate of drug-likeness (QED) is 0.338. The Hall–Kier alpha value is -3.34. The largest absolute Gasteiger partial charge is 0.494 e. The molecule has 2 aromatic carbocycles. The molecule has 0 aliphatic heterocycles. The Labute approximate surface area is 192 Å². The topological polar surface area (TPSA) is 54.5 Å². The second kappa shape index (κ2) is 10.3. The van der Waals surface area contributed by atoms with Crippen LogP contribution in [0.25, 0.3) is 20.8 Å². The molecule has 1 aromatic heterocycles. The first-order chi connectivity index (χ1) is 15.6. The molecular formula is C26H27N3O2S. The van der Waals surface area contributed by atoms with Crippen LogP contribution < -0.4 is 15.0 Å². The number of rotatable bonds is 10. The number of thiazole rings is 1. The summed E-state index contributed by atoms with van der Waals surface area (Å²) >= 11 is 1.68. The molecule has 0 atom stereocenters. The summed E-state index contributed by atoms with van der Waals surface area (Å²) in [7, 11) is 4.08. The van der Waals surface area contributed by atoms with Crippen molar-refractivity contribution in [1.82, 2.24) is 10.3 Å². The lowest BCUT2D eigenvalue weighted by Gasteiger charge is -2.11. The normalized spacial score (nSPS) is 12.2. The highest BCUT2D eigenvalue weighted by atomic mass is 32.1. The number of allylic oxidation sites excluding steroid dienone is 1. The predicted octanol–water partition coefficient (Wildman–Crippen LogP) is 5.35. The van der Waals surface area contributed by atoms with Gasteiger partial charge in [-0.2, -0.15) is 0 Å². The zero-order valence-electron chi connectivity index (χ0n) is 18.4. The van der Waals surface area contributed by atoms with E-state index >= 15 is 0 Å². The Morgan fingerprint density at radius 2 is 1.97 bits per heavy atom. The van der Waals surface area contributed by atoms with E-state index in [2.05, 4.69) is 46.3 Å². The number of hydrogen-bond acceptors (Lipinski definition) is 5. The summed E-state index contributed by atoms with van der Waals surface area (Å²) in [5.41, 5.74) is 6.80. The first kappa shape index (κ1) is 21.9. The maximum absolute atomic E-state index is 11.8. The molecule has 0 radical (unpaired) electrons. The Balaban J connectivity index is 1.23. The lowest BCUT2D eigenvalue weighted by Crippen LogP contribution is -2.25. The number of nitrogens with one attached hydrogen (secondary N) is 1. The molecule has 4 rings (SSSR count). The Morgan fingerprint density at radius 1 is 1.12 bits per heavy atom. The third-order valence-electron chi connectivity index (χ3n) is 5.21. The van der Waals surface area contributed by atoms with Gasteiger partial charge < -0.3 is 15.0 Å². The van der Waals surface area contributed by atoms with Crippen molar-refractivity contribution in [2.24, 2.45) is 0 Å². The highest BCUT2D eigenvalue weighted by Crippen LogP contribution is 2.33. The van der Waals surface area contributed by atoms with Crippen molar-refractivity contribution in [3.8, 4) is 16.3 Å². The van der Waals surface area contributed by atoms with Crippen molar-refractivity contribution in [1.29, 1.82) is 0 Å². The number of nitrogens with zero attached hydrogens (tertiary/aromatic N) is 2. The summed E-state index contributed by atoms with van der Waals surface area (Å²) in [5.74, 6) is 0.813. The second-order valence-electron chi connectivity index (χ2n) is 7.84. The van der Waals surface area contributed by atoms with E-state index in [1.165, 1.54) is 5.69 Å². The van der Waals surface area contributed by atoms with Gasteiger partial charge in [0.05, 0.1) is 22.4 Å². The minimum Gasteiger partial charge on any atom is -0.494 e. The number of fused-ring (bicyclic) bond motifs is 1. The number of anilines is 1. The van der Waals surface area contributed by atoms with Gasteiger partial charge in [0.1, 0.15) is 10.8 Å². The maximum Gasteiger partial charge on any atom is 0.259 e. The predicted molar refractivity (Wildman–Crippen MR) is 132 cm³/mol. The number of benzene rings is 2. The number of hydrogen-bond donors (Lipinski definition) is 1. The standard InChI is InChI=1S/C26H27N3O2S/c1-29(2)21-12-10-20(11-13-21)26-28-23-15-14-22(18-24(23)32-26)31-17-7-3-6-16-27-25(30)19-8-4-5-9-19/h4-5,8,10-15,18H,3,6-7,16-17H2,1-2H3,(H,27,30). The monoisotopic (exact) mass is 445 g/mol. The summed E-state index contributed by atoms with van der Waals surface area (Å²) in [6, 6.07) is 14.5. The van der Waals surface area contributed by atoms with Gasteiger partial charge in [0.15, 0.2) is 0 Å². The third-order valence-corrected chi connectivity index (χ3v) is 6.28. The van der Waals surface area contributed by atoms with Gasteiger partial charge in [0.25, 0.3) is 5.91 Å². The van der Waals surface area contributed by atoms with Gasteiger partial charge in [0, 0.05) is 31.9 Å². The molecular weight excluding hydrogens is 418 g/mol. The average Bonchev–Trinajstić information content (AvgIpc) is 3.48. The van der Waals surface area contributed by atoms with Gasteiger partial charge in [-0.3, -0.25) is 4.79 Å². The van der Waals surface area contributed by atoms with Crippen LogP contribution in [0.4, 0.5) is 5.69 Å². The van der Waals surface area contributed by atoms with Crippen LogP contribution in [0.2, 0.25) is 0 Å². The van der Waals surface area contributed by atoms with Crippen molar-refractivity contribution in [3.05, 3.63) is 72.0 Å². The highest BCUT2D eigenvalue weighted by molar-refractivity contribution is 7.21. The van der Waals surface area contributed by atoms with Crippen molar-refractivity contribution in [2.75, 3.05) is 32.1 Å². The van der Waals surface area contributed by atoms with E-state index in [0.29, 0.717) is 18.7 Å². The van der Waals surface area contributed by atoms with E-state index in [0.717, 1.165) is 45.8 Å². The molecule has 164 valence electrons. The van der Waals surface area contributed by atoms with Crippen LogP contribution in [-0.4, -0.2) is 38.1 Å². The van der Waals surface area contributed by atoms with Crippen LogP contribution >= 0.6 is 11.3 Å². The molecule has 32 heavy (non-hydrogen) atoms. The van der Waals surface area contributed by atoms with E-state index in [1.807, 2.05) is 32.3 Å². The summed E-state index contributed by atoms with van der Waals surface area (Å²) in [4.78, 5) is 18.7. The second-order valence-corrected chi connectivity index (χ2v) is 8.87. The number of carbonyl (C=O) groups is 1. The molecule has 0 spiro atoms. The minimum atomic E-state index is -0.0582. The van der Waals surface area contributed by atoms with E-state index in [9.17, 15) is 4.79 Å². The molecule has 1 amide bonds. The maximum atomic E-state index is 11.8. The summed E-state index contributed by atoms with van der Waals surface area (Å²) < 4.78 is 7.06. The summed E-state index contributed by atoms with van der Waals surface area (Å²) in [6.45, 7) is 1.33. The van der Waals surface area contributed by atoms with Crippen LogP contribution in [0.15, 0.2) is 72.0 Å². The van der Waals surface area contributed by atoms with Crippen LogP contribution in [0.1, 0.15) is 19.3 Å². The van der Waals surface area contributed by atoms with Crippen LogP contribution in [0.3, 0.4) is 0 Å². The van der Waals surface area contributed by atoms with Gasteiger partial charge in [-0.25, -0.2) is 4.98 Å². The minimum absolute atomic E-state index is 0.0582.